The largest absolute Gasteiger partial charge is 0.458 e. The molecule has 0 saturated heterocycles. The number of hydrogen-bond acceptors (Lipinski definition) is 3. The van der Waals surface area contributed by atoms with Gasteiger partial charge in [0, 0.05) is 0 Å². The Morgan fingerprint density at radius 2 is 2.06 bits per heavy atom. The SMILES string of the molecule is C=CCOC(=O)C(=C)C(O)c1ccccc1. The molecule has 3 nitrogen and oxygen atoms in total. The van der Waals surface area contributed by atoms with Crippen molar-refractivity contribution in [3.05, 3.63) is 60.7 Å². The van der Waals surface area contributed by atoms with E-state index in [1.165, 1.54) is 6.08 Å². The summed E-state index contributed by atoms with van der Waals surface area (Å²) in [6.07, 6.45) is 0.429. The van der Waals surface area contributed by atoms with Crippen LogP contribution in [0.5, 0.6) is 0 Å². The maximum atomic E-state index is 11.4. The van der Waals surface area contributed by atoms with Gasteiger partial charge in [-0.3, -0.25) is 0 Å². The molecule has 1 N–H and O–H groups in total. The number of aliphatic hydroxyl groups excluding tert-OH is 1. The molecule has 0 aromatic heterocycles. The highest BCUT2D eigenvalue weighted by atomic mass is 16.5. The van der Waals surface area contributed by atoms with Crippen LogP contribution >= 0.6 is 0 Å². The monoisotopic (exact) mass is 218 g/mol. The highest BCUT2D eigenvalue weighted by Gasteiger charge is 2.18. The molecular weight excluding hydrogens is 204 g/mol. The lowest BCUT2D eigenvalue weighted by Crippen LogP contribution is -2.13. The zero-order valence-electron chi connectivity index (χ0n) is 8.93. The van der Waals surface area contributed by atoms with Gasteiger partial charge in [0.1, 0.15) is 12.7 Å². The molecule has 1 rings (SSSR count). The van der Waals surface area contributed by atoms with E-state index < -0.39 is 12.1 Å². The van der Waals surface area contributed by atoms with Crippen LogP contribution in [0.3, 0.4) is 0 Å². The third kappa shape index (κ3) is 3.07. The van der Waals surface area contributed by atoms with Crippen molar-refractivity contribution < 1.29 is 14.6 Å². The molecule has 1 atom stereocenters. The van der Waals surface area contributed by atoms with Crippen molar-refractivity contribution in [2.24, 2.45) is 0 Å². The van der Waals surface area contributed by atoms with Crippen LogP contribution in [0.1, 0.15) is 11.7 Å². The predicted molar refractivity (Wildman–Crippen MR) is 61.7 cm³/mol. The minimum Gasteiger partial charge on any atom is -0.458 e. The predicted octanol–water partition coefficient (Wildman–Crippen LogP) is 2.01. The molecule has 0 aliphatic heterocycles. The van der Waals surface area contributed by atoms with Crippen LogP contribution in [0.2, 0.25) is 0 Å². The molecule has 0 heterocycles. The minimum absolute atomic E-state index is 0.0213. The van der Waals surface area contributed by atoms with E-state index >= 15 is 0 Å². The lowest BCUT2D eigenvalue weighted by atomic mass is 10.0. The fourth-order valence-corrected chi connectivity index (χ4v) is 1.18. The summed E-state index contributed by atoms with van der Waals surface area (Å²) in [6.45, 7) is 7.06. The van der Waals surface area contributed by atoms with Gasteiger partial charge in [-0.05, 0) is 5.56 Å². The Bertz CT molecular complexity index is 381. The van der Waals surface area contributed by atoms with E-state index in [-0.39, 0.29) is 12.2 Å². The van der Waals surface area contributed by atoms with Gasteiger partial charge >= 0.3 is 5.97 Å². The first-order valence-corrected chi connectivity index (χ1v) is 4.86. The maximum Gasteiger partial charge on any atom is 0.336 e. The second kappa shape index (κ2) is 5.88. The van der Waals surface area contributed by atoms with E-state index in [0.717, 1.165) is 0 Å². The van der Waals surface area contributed by atoms with Gasteiger partial charge in [-0.15, -0.1) is 0 Å². The minimum atomic E-state index is -1.03. The first-order chi connectivity index (χ1) is 7.66. The van der Waals surface area contributed by atoms with E-state index in [4.69, 9.17) is 4.74 Å². The summed E-state index contributed by atoms with van der Waals surface area (Å²) in [5.74, 6) is -0.615. The van der Waals surface area contributed by atoms with Gasteiger partial charge in [-0.25, -0.2) is 4.79 Å². The van der Waals surface area contributed by atoms with Crippen molar-refractivity contribution >= 4 is 5.97 Å². The number of ether oxygens (including phenoxy) is 1. The molecule has 1 unspecified atom stereocenters. The van der Waals surface area contributed by atoms with Crippen molar-refractivity contribution in [3.8, 4) is 0 Å². The van der Waals surface area contributed by atoms with Gasteiger partial charge in [0.2, 0.25) is 0 Å². The summed E-state index contributed by atoms with van der Waals surface area (Å²) in [7, 11) is 0. The Hall–Kier alpha value is -1.87. The molecule has 16 heavy (non-hydrogen) atoms. The van der Waals surface area contributed by atoms with E-state index in [0.29, 0.717) is 5.56 Å². The quantitative estimate of drug-likeness (QED) is 0.467. The van der Waals surface area contributed by atoms with E-state index in [1.807, 2.05) is 6.07 Å². The summed E-state index contributed by atoms with van der Waals surface area (Å²) in [5.41, 5.74) is 0.635. The molecule has 1 aromatic carbocycles. The first-order valence-electron chi connectivity index (χ1n) is 4.86. The molecule has 0 bridgehead atoms. The van der Waals surface area contributed by atoms with Gasteiger partial charge < -0.3 is 9.84 Å². The molecule has 0 spiro atoms. The second-order valence-electron chi connectivity index (χ2n) is 3.23. The Kier molecular flexibility index (Phi) is 4.48. The standard InChI is InChI=1S/C13H14O3/c1-3-9-16-13(15)10(2)12(14)11-7-5-4-6-8-11/h3-8,12,14H,1-2,9H2. The average molecular weight is 218 g/mol. The van der Waals surface area contributed by atoms with Crippen LogP contribution in [0.4, 0.5) is 0 Å². The highest BCUT2D eigenvalue weighted by Crippen LogP contribution is 2.20. The molecule has 84 valence electrons. The number of aliphatic hydroxyl groups is 1. The zero-order chi connectivity index (χ0) is 12.0. The Labute approximate surface area is 94.7 Å². The summed E-state index contributed by atoms with van der Waals surface area (Å²) in [5, 5.41) is 9.83. The molecule has 0 saturated carbocycles. The Balaban J connectivity index is 2.67. The second-order valence-corrected chi connectivity index (χ2v) is 3.23. The smallest absolute Gasteiger partial charge is 0.336 e. The van der Waals surface area contributed by atoms with Crippen LogP contribution in [0.25, 0.3) is 0 Å². The molecular formula is C13H14O3. The molecule has 0 radical (unpaired) electrons. The fourth-order valence-electron chi connectivity index (χ4n) is 1.18. The molecule has 1 aromatic rings. The first kappa shape index (κ1) is 12.2. The highest BCUT2D eigenvalue weighted by molar-refractivity contribution is 5.89. The topological polar surface area (TPSA) is 46.5 Å². The summed E-state index contributed by atoms with van der Waals surface area (Å²) in [6, 6.07) is 8.82. The number of esters is 1. The number of benzene rings is 1. The van der Waals surface area contributed by atoms with E-state index in [9.17, 15) is 9.90 Å². The van der Waals surface area contributed by atoms with Crippen LogP contribution in [0.15, 0.2) is 55.1 Å². The van der Waals surface area contributed by atoms with Crippen LogP contribution in [-0.2, 0) is 9.53 Å². The van der Waals surface area contributed by atoms with Crippen LogP contribution < -0.4 is 0 Å². The fraction of sp³-hybridized carbons (Fsp3) is 0.154. The van der Waals surface area contributed by atoms with Gasteiger partial charge in [-0.2, -0.15) is 0 Å². The molecule has 0 fully saturated rings. The van der Waals surface area contributed by atoms with Crippen molar-refractivity contribution in [2.75, 3.05) is 6.61 Å². The molecule has 0 aliphatic carbocycles. The Morgan fingerprint density at radius 3 is 2.62 bits per heavy atom. The third-order valence-electron chi connectivity index (χ3n) is 2.04. The average Bonchev–Trinajstić information content (AvgIpc) is 2.35. The number of carbonyl (C=O) groups excluding carboxylic acids is 1. The summed E-state index contributed by atoms with van der Waals surface area (Å²) in [4.78, 5) is 11.4. The van der Waals surface area contributed by atoms with Gasteiger partial charge in [0.05, 0.1) is 5.57 Å². The summed E-state index contributed by atoms with van der Waals surface area (Å²) < 4.78 is 4.78. The normalized spacial score (nSPS) is 11.6. The molecule has 0 aliphatic rings. The molecule has 3 heteroatoms. The lowest BCUT2D eigenvalue weighted by molar-refractivity contribution is -0.139. The van der Waals surface area contributed by atoms with Gasteiger partial charge in [0.15, 0.2) is 0 Å². The van der Waals surface area contributed by atoms with E-state index in [1.54, 1.807) is 24.3 Å². The number of rotatable bonds is 5. The lowest BCUT2D eigenvalue weighted by Gasteiger charge is -2.12. The van der Waals surface area contributed by atoms with Crippen molar-refractivity contribution in [1.82, 2.24) is 0 Å². The number of carbonyl (C=O) groups is 1. The van der Waals surface area contributed by atoms with Crippen molar-refractivity contribution in [1.29, 1.82) is 0 Å². The van der Waals surface area contributed by atoms with Gasteiger partial charge in [0.25, 0.3) is 0 Å². The maximum absolute atomic E-state index is 11.4. The summed E-state index contributed by atoms with van der Waals surface area (Å²) >= 11 is 0. The number of hydrogen-bond donors (Lipinski definition) is 1. The van der Waals surface area contributed by atoms with Crippen LogP contribution in [0, 0.1) is 0 Å². The van der Waals surface area contributed by atoms with Crippen molar-refractivity contribution in [2.45, 2.75) is 6.10 Å². The van der Waals surface area contributed by atoms with Crippen LogP contribution in [-0.4, -0.2) is 17.7 Å². The molecule has 0 amide bonds. The Morgan fingerprint density at radius 1 is 1.44 bits per heavy atom. The zero-order valence-corrected chi connectivity index (χ0v) is 8.93. The van der Waals surface area contributed by atoms with Crippen molar-refractivity contribution in [3.63, 3.8) is 0 Å². The van der Waals surface area contributed by atoms with E-state index in [2.05, 4.69) is 13.2 Å². The van der Waals surface area contributed by atoms with Gasteiger partial charge in [-0.1, -0.05) is 49.6 Å². The third-order valence-corrected chi connectivity index (χ3v) is 2.04.